The number of ether oxygens (including phenoxy) is 1. The summed E-state index contributed by atoms with van der Waals surface area (Å²) in [6.45, 7) is 3.10. The number of amidine groups is 1. The molecule has 5 nitrogen and oxygen atoms in total. The van der Waals surface area contributed by atoms with Crippen molar-refractivity contribution >= 4 is 11.7 Å². The summed E-state index contributed by atoms with van der Waals surface area (Å²) in [6.07, 6.45) is 1.34. The maximum absolute atomic E-state index is 11.2. The Balaban J connectivity index is 2.02. The largest absolute Gasteiger partial charge is 0.493 e. The molecular weight excluding hydrogens is 242 g/mol. The van der Waals surface area contributed by atoms with Crippen molar-refractivity contribution in [2.45, 2.75) is 25.7 Å². The third kappa shape index (κ3) is 3.05. The van der Waals surface area contributed by atoms with E-state index in [2.05, 4.69) is 5.32 Å². The Morgan fingerprint density at radius 1 is 1.58 bits per heavy atom. The summed E-state index contributed by atoms with van der Waals surface area (Å²) in [5.74, 6) is 1.24. The molecule has 2 rings (SSSR count). The molecule has 5 heteroatoms. The van der Waals surface area contributed by atoms with Crippen LogP contribution in [0.2, 0.25) is 0 Å². The lowest BCUT2D eigenvalue weighted by molar-refractivity contribution is -0.120. The molecule has 1 aromatic rings. The summed E-state index contributed by atoms with van der Waals surface area (Å²) in [4.78, 5) is 11.2. The van der Waals surface area contributed by atoms with Gasteiger partial charge in [-0.25, -0.2) is 0 Å². The molecule has 0 spiro atoms. The van der Waals surface area contributed by atoms with Gasteiger partial charge in [-0.2, -0.15) is 0 Å². The predicted octanol–water partition coefficient (Wildman–Crippen LogP) is 1.36. The van der Waals surface area contributed by atoms with Crippen LogP contribution in [0.4, 0.5) is 0 Å². The summed E-state index contributed by atoms with van der Waals surface area (Å²) >= 11 is 0. The molecule has 0 aromatic heterocycles. The van der Waals surface area contributed by atoms with E-state index >= 15 is 0 Å². The van der Waals surface area contributed by atoms with Crippen molar-refractivity contribution in [1.82, 2.24) is 5.32 Å². The molecule has 4 N–H and O–H groups in total. The molecule has 19 heavy (non-hydrogen) atoms. The fraction of sp³-hybridized carbons (Fsp3) is 0.429. The molecule has 0 radical (unpaired) electrons. The number of carbonyl (C=O) groups is 1. The number of carbonyl (C=O) groups excluding carboxylic acids is 1. The molecular formula is C14H19N3O2. The van der Waals surface area contributed by atoms with Gasteiger partial charge in [0.15, 0.2) is 0 Å². The van der Waals surface area contributed by atoms with E-state index in [9.17, 15) is 4.79 Å². The van der Waals surface area contributed by atoms with Crippen molar-refractivity contribution in [3.05, 3.63) is 29.3 Å². The highest BCUT2D eigenvalue weighted by atomic mass is 16.5. The van der Waals surface area contributed by atoms with Gasteiger partial charge in [-0.3, -0.25) is 10.2 Å². The average Bonchev–Trinajstić information content (AvgIpc) is 2.81. The molecule has 1 aromatic carbocycles. The minimum atomic E-state index is 0.0627. The van der Waals surface area contributed by atoms with Crippen LogP contribution < -0.4 is 15.8 Å². The van der Waals surface area contributed by atoms with Gasteiger partial charge in [-0.1, -0.05) is 6.92 Å². The third-order valence-electron chi connectivity index (χ3n) is 3.34. The molecule has 0 fully saturated rings. The van der Waals surface area contributed by atoms with Crippen LogP contribution >= 0.6 is 0 Å². The number of nitrogens with two attached hydrogens (primary N) is 1. The van der Waals surface area contributed by atoms with Gasteiger partial charge >= 0.3 is 0 Å². The van der Waals surface area contributed by atoms with Crippen LogP contribution in [0.15, 0.2) is 18.2 Å². The zero-order chi connectivity index (χ0) is 13.8. The summed E-state index contributed by atoms with van der Waals surface area (Å²) < 4.78 is 5.61. The van der Waals surface area contributed by atoms with Crippen molar-refractivity contribution in [1.29, 1.82) is 5.41 Å². The average molecular weight is 261 g/mol. The van der Waals surface area contributed by atoms with Crippen LogP contribution in [-0.4, -0.2) is 24.9 Å². The first-order valence-electron chi connectivity index (χ1n) is 6.49. The monoisotopic (exact) mass is 261 g/mol. The lowest BCUT2D eigenvalue weighted by Crippen LogP contribution is -2.24. The van der Waals surface area contributed by atoms with E-state index in [1.54, 1.807) is 6.07 Å². The zero-order valence-corrected chi connectivity index (χ0v) is 11.0. The fourth-order valence-corrected chi connectivity index (χ4v) is 2.20. The molecule has 1 aliphatic heterocycles. The molecule has 1 atom stereocenters. The summed E-state index contributed by atoms with van der Waals surface area (Å²) in [5, 5.41) is 10.3. The van der Waals surface area contributed by atoms with Crippen LogP contribution in [0.1, 0.15) is 36.8 Å². The second-order valence-electron chi connectivity index (χ2n) is 4.67. The van der Waals surface area contributed by atoms with E-state index < -0.39 is 0 Å². The quantitative estimate of drug-likeness (QED) is 0.552. The molecule has 0 saturated carbocycles. The third-order valence-corrected chi connectivity index (χ3v) is 3.34. The van der Waals surface area contributed by atoms with E-state index in [-0.39, 0.29) is 17.7 Å². The predicted molar refractivity (Wildman–Crippen MR) is 73.6 cm³/mol. The van der Waals surface area contributed by atoms with Crippen molar-refractivity contribution in [2.75, 3.05) is 13.2 Å². The molecule has 0 saturated heterocycles. The number of rotatable bonds is 5. The first kappa shape index (κ1) is 13.4. The topological polar surface area (TPSA) is 88.2 Å². The highest BCUT2D eigenvalue weighted by molar-refractivity contribution is 5.95. The van der Waals surface area contributed by atoms with Gasteiger partial charge in [0.25, 0.3) is 0 Å². The van der Waals surface area contributed by atoms with Crippen LogP contribution in [-0.2, 0) is 4.79 Å². The van der Waals surface area contributed by atoms with Gasteiger partial charge in [0.05, 0.1) is 6.61 Å². The van der Waals surface area contributed by atoms with Gasteiger partial charge in [0.1, 0.15) is 11.6 Å². The van der Waals surface area contributed by atoms with Crippen LogP contribution in [0.25, 0.3) is 0 Å². The Kier molecular flexibility index (Phi) is 4.04. The van der Waals surface area contributed by atoms with Gasteiger partial charge in [-0.15, -0.1) is 0 Å². The molecule has 1 amide bonds. The van der Waals surface area contributed by atoms with E-state index in [0.29, 0.717) is 25.1 Å². The Labute approximate surface area is 112 Å². The van der Waals surface area contributed by atoms with Crippen LogP contribution in [0.3, 0.4) is 0 Å². The van der Waals surface area contributed by atoms with Crippen LogP contribution in [0.5, 0.6) is 5.75 Å². The number of benzene rings is 1. The molecule has 0 bridgehead atoms. The Hall–Kier alpha value is -2.04. The SMILES string of the molecule is CCC(=O)NCCC1COc2ccc(C(=N)N)cc21. The van der Waals surface area contributed by atoms with E-state index in [0.717, 1.165) is 17.7 Å². The second-order valence-corrected chi connectivity index (χ2v) is 4.67. The molecule has 1 heterocycles. The first-order chi connectivity index (χ1) is 9.11. The number of amides is 1. The number of nitrogens with one attached hydrogen (secondary N) is 2. The highest BCUT2D eigenvalue weighted by Gasteiger charge is 2.24. The van der Waals surface area contributed by atoms with Gasteiger partial charge in [-0.05, 0) is 24.6 Å². The van der Waals surface area contributed by atoms with E-state index in [1.165, 1.54) is 0 Å². The van der Waals surface area contributed by atoms with Crippen LogP contribution in [0, 0.1) is 5.41 Å². The number of nitrogen functional groups attached to an aromatic ring is 1. The molecule has 0 aliphatic carbocycles. The van der Waals surface area contributed by atoms with Crippen molar-refractivity contribution in [3.8, 4) is 5.75 Å². The summed E-state index contributed by atoms with van der Waals surface area (Å²) in [7, 11) is 0. The Morgan fingerprint density at radius 3 is 3.05 bits per heavy atom. The van der Waals surface area contributed by atoms with Crippen molar-refractivity contribution in [3.63, 3.8) is 0 Å². The van der Waals surface area contributed by atoms with Gasteiger partial charge in [0.2, 0.25) is 5.91 Å². The van der Waals surface area contributed by atoms with E-state index in [1.807, 2.05) is 19.1 Å². The standard InChI is InChI=1S/C14H19N3O2/c1-2-13(18)17-6-5-10-8-19-12-4-3-9(14(15)16)7-11(10)12/h3-4,7,10H,2,5-6,8H2,1H3,(H3,15,16)(H,17,18). The lowest BCUT2D eigenvalue weighted by Gasteiger charge is -2.10. The molecule has 1 aliphatic rings. The van der Waals surface area contributed by atoms with Gasteiger partial charge in [0, 0.05) is 30.0 Å². The van der Waals surface area contributed by atoms with Crippen molar-refractivity contribution in [2.24, 2.45) is 5.73 Å². The Bertz CT molecular complexity index is 499. The Morgan fingerprint density at radius 2 is 2.37 bits per heavy atom. The zero-order valence-electron chi connectivity index (χ0n) is 11.0. The smallest absolute Gasteiger partial charge is 0.219 e. The summed E-state index contributed by atoms with van der Waals surface area (Å²) in [5.41, 5.74) is 7.29. The molecule has 102 valence electrons. The second kappa shape index (κ2) is 5.73. The normalized spacial score (nSPS) is 16.6. The number of fused-ring (bicyclic) bond motifs is 1. The highest BCUT2D eigenvalue weighted by Crippen LogP contribution is 2.36. The van der Waals surface area contributed by atoms with E-state index in [4.69, 9.17) is 15.9 Å². The summed E-state index contributed by atoms with van der Waals surface area (Å²) in [6, 6.07) is 5.57. The fourth-order valence-electron chi connectivity index (χ4n) is 2.20. The maximum Gasteiger partial charge on any atom is 0.219 e. The maximum atomic E-state index is 11.2. The number of hydrogen-bond acceptors (Lipinski definition) is 3. The van der Waals surface area contributed by atoms with Crippen molar-refractivity contribution < 1.29 is 9.53 Å². The minimum Gasteiger partial charge on any atom is -0.493 e. The van der Waals surface area contributed by atoms with Gasteiger partial charge < -0.3 is 15.8 Å². The number of hydrogen-bond donors (Lipinski definition) is 3. The lowest BCUT2D eigenvalue weighted by atomic mass is 9.96. The first-order valence-corrected chi connectivity index (χ1v) is 6.49. The molecule has 1 unspecified atom stereocenters. The minimum absolute atomic E-state index is 0.0627.